The molecule has 3 rings (SSSR count). The van der Waals surface area contributed by atoms with Crippen LogP contribution < -0.4 is 10.6 Å². The first kappa shape index (κ1) is 19.6. The summed E-state index contributed by atoms with van der Waals surface area (Å²) in [4.78, 5) is 13.2. The highest BCUT2D eigenvalue weighted by Gasteiger charge is 2.42. The molecule has 1 fully saturated rings. The Balaban J connectivity index is 1.82. The number of nitrogens with one attached hydrogen (secondary N) is 2. The van der Waals surface area contributed by atoms with E-state index in [9.17, 15) is 13.2 Å². The predicted octanol–water partition coefficient (Wildman–Crippen LogP) is 1.92. The number of anilines is 1. The van der Waals surface area contributed by atoms with Crippen molar-refractivity contribution in [2.75, 3.05) is 18.4 Å². The summed E-state index contributed by atoms with van der Waals surface area (Å²) in [5.41, 5.74) is 0.524. The lowest BCUT2D eigenvalue weighted by Gasteiger charge is -2.36. The number of amides is 1. The van der Waals surface area contributed by atoms with Gasteiger partial charge in [-0.15, -0.1) is 0 Å². The van der Waals surface area contributed by atoms with Crippen LogP contribution in [0.3, 0.4) is 0 Å². The number of piperidine rings is 1. The van der Waals surface area contributed by atoms with Crippen LogP contribution in [0.25, 0.3) is 0 Å². The van der Waals surface area contributed by atoms with Crippen molar-refractivity contribution < 1.29 is 13.2 Å². The van der Waals surface area contributed by atoms with E-state index >= 15 is 0 Å². The lowest BCUT2D eigenvalue weighted by atomic mass is 9.87. The molecule has 0 aliphatic carbocycles. The zero-order valence-electron chi connectivity index (χ0n) is 15.7. The van der Waals surface area contributed by atoms with Gasteiger partial charge in [0.2, 0.25) is 0 Å². The van der Waals surface area contributed by atoms with E-state index in [1.165, 1.54) is 0 Å². The topological polar surface area (TPSA) is 93.1 Å². The molecular weight excluding hydrogens is 364 g/mol. The molecule has 1 aromatic carbocycles. The highest BCUT2D eigenvalue weighted by Crippen LogP contribution is 2.29. The zero-order valence-corrected chi connectivity index (χ0v) is 16.5. The Labute approximate surface area is 160 Å². The summed E-state index contributed by atoms with van der Waals surface area (Å²) in [5.74, 6) is -0.167. The Kier molecular flexibility index (Phi) is 5.67. The van der Waals surface area contributed by atoms with E-state index in [-0.39, 0.29) is 11.7 Å². The number of hydrogen-bond acceptors (Lipinski definition) is 5. The average Bonchev–Trinajstić information content (AvgIpc) is 3.17. The molecule has 1 aliphatic heterocycles. The van der Waals surface area contributed by atoms with Crippen LogP contribution in [-0.2, 0) is 25.9 Å². The van der Waals surface area contributed by atoms with Gasteiger partial charge >= 0.3 is 0 Å². The summed E-state index contributed by atoms with van der Waals surface area (Å²) >= 11 is 0. The molecule has 1 amide bonds. The minimum absolute atomic E-state index is 0.0391. The van der Waals surface area contributed by atoms with Crippen LogP contribution in [0.4, 0.5) is 5.69 Å². The van der Waals surface area contributed by atoms with Crippen LogP contribution >= 0.6 is 0 Å². The first-order valence-electron chi connectivity index (χ1n) is 9.16. The summed E-state index contributed by atoms with van der Waals surface area (Å²) in [7, 11) is -3.20. The van der Waals surface area contributed by atoms with Crippen LogP contribution in [0.5, 0.6) is 0 Å². The van der Waals surface area contributed by atoms with Crippen molar-refractivity contribution >= 4 is 21.4 Å². The quantitative estimate of drug-likeness (QED) is 0.786. The van der Waals surface area contributed by atoms with Gasteiger partial charge < -0.3 is 10.6 Å². The number of hydrogen-bond donors (Lipinski definition) is 2. The second-order valence-electron chi connectivity index (χ2n) is 7.24. The molecule has 1 aliphatic rings. The van der Waals surface area contributed by atoms with Gasteiger partial charge in [-0.05, 0) is 63.5 Å². The number of carbonyl (C=O) groups is 1. The molecule has 0 saturated carbocycles. The van der Waals surface area contributed by atoms with E-state index in [2.05, 4.69) is 15.7 Å². The Morgan fingerprint density at radius 1 is 1.30 bits per heavy atom. The molecule has 2 aromatic rings. The minimum atomic E-state index is -3.20. The molecule has 0 atom stereocenters. The fourth-order valence-corrected chi connectivity index (χ4v) is 4.29. The Hall–Kier alpha value is -2.19. The van der Waals surface area contributed by atoms with Gasteiger partial charge in [0.15, 0.2) is 9.84 Å². The molecule has 1 saturated heterocycles. The smallest absolute Gasteiger partial charge is 0.252 e. The third kappa shape index (κ3) is 4.22. The van der Waals surface area contributed by atoms with Gasteiger partial charge in [-0.1, -0.05) is 12.1 Å². The van der Waals surface area contributed by atoms with Gasteiger partial charge in [-0.3, -0.25) is 9.48 Å². The van der Waals surface area contributed by atoms with E-state index < -0.39 is 20.6 Å². The summed E-state index contributed by atoms with van der Waals surface area (Å²) in [5, 5.41) is 10.1. The fourth-order valence-electron chi connectivity index (χ4n) is 3.31. The molecule has 0 radical (unpaired) electrons. The Morgan fingerprint density at radius 3 is 2.67 bits per heavy atom. The van der Waals surface area contributed by atoms with Crippen LogP contribution in [-0.4, -0.2) is 42.4 Å². The van der Waals surface area contributed by atoms with Gasteiger partial charge in [0.05, 0.1) is 11.0 Å². The van der Waals surface area contributed by atoms with Crippen molar-refractivity contribution in [3.8, 4) is 0 Å². The lowest BCUT2D eigenvalue weighted by molar-refractivity contribution is -0.126. The molecule has 27 heavy (non-hydrogen) atoms. The largest absolute Gasteiger partial charge is 0.324 e. The molecule has 0 spiro atoms. The number of rotatable bonds is 6. The highest BCUT2D eigenvalue weighted by molar-refractivity contribution is 7.91. The number of sulfone groups is 1. The van der Waals surface area contributed by atoms with Gasteiger partial charge in [0.1, 0.15) is 5.54 Å². The second-order valence-corrected chi connectivity index (χ2v) is 9.80. The molecular formula is C19H26N4O3S. The molecule has 2 N–H and O–H groups in total. The lowest BCUT2D eigenvalue weighted by Crippen LogP contribution is -2.52. The first-order valence-corrected chi connectivity index (χ1v) is 10.9. The predicted molar refractivity (Wildman–Crippen MR) is 105 cm³/mol. The van der Waals surface area contributed by atoms with Gasteiger partial charge in [-0.25, -0.2) is 8.42 Å². The maximum atomic E-state index is 13.2. The zero-order chi connectivity index (χ0) is 19.5. The molecule has 7 nitrogen and oxygen atoms in total. The van der Waals surface area contributed by atoms with Crippen molar-refractivity contribution in [3.63, 3.8) is 0 Å². The van der Waals surface area contributed by atoms with Crippen molar-refractivity contribution in [1.29, 1.82) is 0 Å². The van der Waals surface area contributed by atoms with Crippen LogP contribution in [0.1, 0.15) is 32.3 Å². The summed E-state index contributed by atoms with van der Waals surface area (Å²) in [6, 6.07) is 8.86. The first-order chi connectivity index (χ1) is 12.8. The van der Waals surface area contributed by atoms with Crippen molar-refractivity contribution in [1.82, 2.24) is 15.1 Å². The summed E-state index contributed by atoms with van der Waals surface area (Å²) in [6.45, 7) is 4.82. The monoisotopic (exact) mass is 390 g/mol. The molecule has 8 heteroatoms. The van der Waals surface area contributed by atoms with Crippen molar-refractivity contribution in [3.05, 3.63) is 48.3 Å². The molecule has 0 bridgehead atoms. The summed E-state index contributed by atoms with van der Waals surface area (Å²) < 4.78 is 26.1. The third-order valence-corrected chi connectivity index (χ3v) is 7.24. The van der Waals surface area contributed by atoms with Crippen LogP contribution in [0.15, 0.2) is 42.7 Å². The number of aromatic nitrogens is 2. The summed E-state index contributed by atoms with van der Waals surface area (Å²) in [6.07, 6.45) is 4.77. The minimum Gasteiger partial charge on any atom is -0.324 e. The average molecular weight is 391 g/mol. The van der Waals surface area contributed by atoms with Crippen molar-refractivity contribution in [2.24, 2.45) is 0 Å². The van der Waals surface area contributed by atoms with Gasteiger partial charge in [-0.2, -0.15) is 5.10 Å². The van der Waals surface area contributed by atoms with Gasteiger partial charge in [0.25, 0.3) is 5.91 Å². The molecule has 146 valence electrons. The normalized spacial score (nSPS) is 17.0. The van der Waals surface area contributed by atoms with E-state index in [1.54, 1.807) is 49.0 Å². The maximum Gasteiger partial charge on any atom is 0.252 e. The third-order valence-electron chi connectivity index (χ3n) is 5.07. The van der Waals surface area contributed by atoms with Gasteiger partial charge in [0, 0.05) is 18.1 Å². The van der Waals surface area contributed by atoms with E-state index in [4.69, 9.17) is 0 Å². The van der Waals surface area contributed by atoms with E-state index in [0.717, 1.165) is 13.1 Å². The van der Waals surface area contributed by atoms with Crippen LogP contribution in [0, 0.1) is 0 Å². The van der Waals surface area contributed by atoms with E-state index in [0.29, 0.717) is 24.1 Å². The molecule has 1 aromatic heterocycles. The Morgan fingerprint density at radius 2 is 2.04 bits per heavy atom. The molecule has 2 heterocycles. The van der Waals surface area contributed by atoms with Crippen molar-refractivity contribution in [2.45, 2.75) is 43.2 Å². The number of benzene rings is 1. The standard InChI is InChI=1S/C19H26N4O3S/c1-15(2)27(25,26)14-16-5-3-6-17(13-16)22-18(24)19(7-10-20-11-8-19)23-12-4-9-21-23/h3-6,9,12-13,15,20H,7-8,10-11,14H2,1-2H3,(H,22,24). The number of carbonyl (C=O) groups excluding carboxylic acids is 1. The fraction of sp³-hybridized carbons (Fsp3) is 0.474. The molecule has 0 unspecified atom stereocenters. The van der Waals surface area contributed by atoms with Crippen LogP contribution in [0.2, 0.25) is 0 Å². The second kappa shape index (κ2) is 7.82. The Bertz CT molecular complexity index is 885. The van der Waals surface area contributed by atoms with E-state index in [1.807, 2.05) is 12.3 Å². The highest BCUT2D eigenvalue weighted by atomic mass is 32.2. The number of nitrogens with zero attached hydrogens (tertiary/aromatic N) is 2. The SMILES string of the molecule is CC(C)S(=O)(=O)Cc1cccc(NC(=O)C2(n3cccn3)CCNCC2)c1. The maximum absolute atomic E-state index is 13.2.